The van der Waals surface area contributed by atoms with E-state index in [1.54, 1.807) is 0 Å². The standard InChI is InChI=1S/C11H15N3O2/c1-3-6-14-9(10(12)13-11(14)15)8-5-4-7(2)16-8/h1,7-9H,4-6H2,2H3,(H2,12,13,15). The molecule has 1 saturated heterocycles. The third kappa shape index (κ3) is 1.76. The first-order valence-corrected chi connectivity index (χ1v) is 5.37. The number of hydrogen-bond donors (Lipinski definition) is 1. The number of nitrogens with two attached hydrogens (primary N) is 1. The average Bonchev–Trinajstić information content (AvgIpc) is 2.73. The molecule has 16 heavy (non-hydrogen) atoms. The Morgan fingerprint density at radius 2 is 2.44 bits per heavy atom. The molecule has 2 heterocycles. The van der Waals surface area contributed by atoms with Gasteiger partial charge in [-0.2, -0.15) is 4.99 Å². The minimum absolute atomic E-state index is 0.0708. The van der Waals surface area contributed by atoms with Crippen LogP contribution in [0.25, 0.3) is 0 Å². The lowest BCUT2D eigenvalue weighted by Gasteiger charge is -2.27. The zero-order chi connectivity index (χ0) is 11.7. The molecule has 2 aliphatic heterocycles. The highest BCUT2D eigenvalue weighted by molar-refractivity contribution is 6.03. The van der Waals surface area contributed by atoms with Crippen LogP contribution in [0.4, 0.5) is 4.79 Å². The molecule has 2 aliphatic rings. The normalized spacial score (nSPS) is 34.0. The molecule has 0 aliphatic carbocycles. The van der Waals surface area contributed by atoms with E-state index in [-0.39, 0.29) is 30.8 Å². The van der Waals surface area contributed by atoms with Crippen LogP contribution in [0.3, 0.4) is 0 Å². The molecule has 3 unspecified atom stereocenters. The largest absolute Gasteiger partial charge is 0.385 e. The molecule has 1 fully saturated rings. The van der Waals surface area contributed by atoms with Crippen LogP contribution in [0.5, 0.6) is 0 Å². The van der Waals surface area contributed by atoms with Crippen LogP contribution in [0, 0.1) is 12.3 Å². The van der Waals surface area contributed by atoms with E-state index in [2.05, 4.69) is 10.9 Å². The summed E-state index contributed by atoms with van der Waals surface area (Å²) in [4.78, 5) is 16.8. The molecule has 0 spiro atoms. The van der Waals surface area contributed by atoms with Gasteiger partial charge in [0, 0.05) is 0 Å². The first-order valence-electron chi connectivity index (χ1n) is 5.37. The van der Waals surface area contributed by atoms with E-state index in [0.29, 0.717) is 5.84 Å². The summed E-state index contributed by atoms with van der Waals surface area (Å²) < 4.78 is 5.72. The molecule has 2 rings (SSSR count). The monoisotopic (exact) mass is 221 g/mol. The lowest BCUT2D eigenvalue weighted by molar-refractivity contribution is 0.0284. The molecule has 0 saturated carbocycles. The van der Waals surface area contributed by atoms with Crippen LogP contribution >= 0.6 is 0 Å². The van der Waals surface area contributed by atoms with Gasteiger partial charge in [-0.25, -0.2) is 4.79 Å². The predicted molar refractivity (Wildman–Crippen MR) is 59.9 cm³/mol. The Morgan fingerprint density at radius 3 is 3.00 bits per heavy atom. The summed E-state index contributed by atoms with van der Waals surface area (Å²) in [6, 6.07) is -0.642. The zero-order valence-corrected chi connectivity index (χ0v) is 9.22. The molecule has 0 bridgehead atoms. The number of carbonyl (C=O) groups excluding carboxylic acids is 1. The number of ether oxygens (including phenoxy) is 1. The summed E-state index contributed by atoms with van der Waals surface area (Å²) in [6.07, 6.45) is 7.23. The average molecular weight is 221 g/mol. The van der Waals surface area contributed by atoms with Crippen molar-refractivity contribution in [3.05, 3.63) is 0 Å². The van der Waals surface area contributed by atoms with Crippen molar-refractivity contribution in [2.45, 2.75) is 38.0 Å². The van der Waals surface area contributed by atoms with Crippen molar-refractivity contribution in [3.63, 3.8) is 0 Å². The Kier molecular flexibility index (Phi) is 2.84. The van der Waals surface area contributed by atoms with Crippen molar-refractivity contribution in [2.75, 3.05) is 6.54 Å². The molecule has 5 heteroatoms. The highest BCUT2D eigenvalue weighted by Gasteiger charge is 2.41. The maximum absolute atomic E-state index is 11.5. The summed E-state index contributed by atoms with van der Waals surface area (Å²) in [5.74, 6) is 2.76. The first kappa shape index (κ1) is 11.0. The molecule has 2 N–H and O–H groups in total. The quantitative estimate of drug-likeness (QED) is 0.684. The van der Waals surface area contributed by atoms with Gasteiger partial charge >= 0.3 is 6.03 Å². The molecule has 5 nitrogen and oxygen atoms in total. The van der Waals surface area contributed by atoms with Gasteiger partial charge in [0.25, 0.3) is 0 Å². The Bertz CT molecular complexity index is 372. The lowest BCUT2D eigenvalue weighted by Crippen LogP contribution is -2.48. The minimum Gasteiger partial charge on any atom is -0.385 e. The highest BCUT2D eigenvalue weighted by atomic mass is 16.5. The van der Waals surface area contributed by atoms with Crippen molar-refractivity contribution in [1.82, 2.24) is 4.90 Å². The predicted octanol–water partition coefficient (Wildman–Crippen LogP) is 0.348. The van der Waals surface area contributed by atoms with Crippen LogP contribution < -0.4 is 5.73 Å². The van der Waals surface area contributed by atoms with E-state index in [4.69, 9.17) is 16.9 Å². The molecule has 0 aromatic carbocycles. The molecule has 0 aromatic heterocycles. The van der Waals surface area contributed by atoms with E-state index in [1.807, 2.05) is 6.92 Å². The maximum atomic E-state index is 11.5. The number of aliphatic imine (C=N–C) groups is 1. The summed E-state index contributed by atoms with van der Waals surface area (Å²) in [5.41, 5.74) is 5.75. The number of amides is 2. The minimum atomic E-state index is -0.358. The van der Waals surface area contributed by atoms with Gasteiger partial charge in [0.2, 0.25) is 0 Å². The SMILES string of the molecule is C#CCN1C(=O)N=C(N)C1C1CCC(C)O1. The van der Waals surface area contributed by atoms with Crippen molar-refractivity contribution in [2.24, 2.45) is 10.7 Å². The third-order valence-corrected chi connectivity index (χ3v) is 2.99. The Balaban J connectivity index is 2.15. The van der Waals surface area contributed by atoms with Gasteiger partial charge < -0.3 is 10.5 Å². The molecule has 0 aromatic rings. The smallest absolute Gasteiger partial charge is 0.346 e. The van der Waals surface area contributed by atoms with Gasteiger partial charge in [0.15, 0.2) is 0 Å². The fourth-order valence-electron chi connectivity index (χ4n) is 2.24. The van der Waals surface area contributed by atoms with Crippen LogP contribution in [0.1, 0.15) is 19.8 Å². The van der Waals surface area contributed by atoms with E-state index in [9.17, 15) is 4.79 Å². The van der Waals surface area contributed by atoms with Crippen molar-refractivity contribution in [3.8, 4) is 12.3 Å². The van der Waals surface area contributed by atoms with E-state index >= 15 is 0 Å². The van der Waals surface area contributed by atoms with Crippen molar-refractivity contribution < 1.29 is 9.53 Å². The van der Waals surface area contributed by atoms with Crippen LogP contribution in [-0.4, -0.2) is 41.6 Å². The first-order chi connectivity index (χ1) is 7.63. The van der Waals surface area contributed by atoms with Crippen LogP contribution in [-0.2, 0) is 4.74 Å². The number of carbonyl (C=O) groups is 1. The zero-order valence-electron chi connectivity index (χ0n) is 9.22. The second-order valence-electron chi connectivity index (χ2n) is 4.16. The number of hydrogen-bond acceptors (Lipinski definition) is 3. The van der Waals surface area contributed by atoms with E-state index in [0.717, 1.165) is 12.8 Å². The van der Waals surface area contributed by atoms with E-state index < -0.39 is 0 Å². The molecule has 2 amide bonds. The highest BCUT2D eigenvalue weighted by Crippen LogP contribution is 2.27. The Labute approximate surface area is 94.6 Å². The van der Waals surface area contributed by atoms with Crippen molar-refractivity contribution >= 4 is 11.9 Å². The Hall–Kier alpha value is -1.54. The topological polar surface area (TPSA) is 67.9 Å². The lowest BCUT2D eigenvalue weighted by atomic mass is 10.1. The summed E-state index contributed by atoms with van der Waals surface area (Å²) in [6.45, 7) is 2.23. The fraction of sp³-hybridized carbons (Fsp3) is 0.636. The number of amidine groups is 1. The molecule has 0 radical (unpaired) electrons. The van der Waals surface area contributed by atoms with Gasteiger partial charge in [-0.05, 0) is 19.8 Å². The van der Waals surface area contributed by atoms with Crippen molar-refractivity contribution in [1.29, 1.82) is 0 Å². The second kappa shape index (κ2) is 4.14. The summed E-state index contributed by atoms with van der Waals surface area (Å²) >= 11 is 0. The summed E-state index contributed by atoms with van der Waals surface area (Å²) in [5, 5.41) is 0. The fourth-order valence-corrected chi connectivity index (χ4v) is 2.24. The summed E-state index contributed by atoms with van der Waals surface area (Å²) in [7, 11) is 0. The van der Waals surface area contributed by atoms with Gasteiger partial charge in [-0.1, -0.05) is 5.92 Å². The molecule has 86 valence electrons. The van der Waals surface area contributed by atoms with E-state index in [1.165, 1.54) is 4.90 Å². The van der Waals surface area contributed by atoms with Gasteiger partial charge in [0.05, 0.1) is 18.8 Å². The number of terminal acetylenes is 1. The second-order valence-corrected chi connectivity index (χ2v) is 4.16. The molecular formula is C11H15N3O2. The van der Waals surface area contributed by atoms with Crippen LogP contribution in [0.2, 0.25) is 0 Å². The Morgan fingerprint density at radius 1 is 1.69 bits per heavy atom. The van der Waals surface area contributed by atoms with Gasteiger partial charge in [-0.3, -0.25) is 4.90 Å². The van der Waals surface area contributed by atoms with Crippen LogP contribution in [0.15, 0.2) is 4.99 Å². The third-order valence-electron chi connectivity index (χ3n) is 2.99. The molecular weight excluding hydrogens is 206 g/mol. The molecule has 3 atom stereocenters. The number of rotatable bonds is 2. The number of urea groups is 1. The maximum Gasteiger partial charge on any atom is 0.346 e. The number of nitrogens with zero attached hydrogens (tertiary/aromatic N) is 2. The van der Waals surface area contributed by atoms with Gasteiger partial charge in [0.1, 0.15) is 11.9 Å². The van der Waals surface area contributed by atoms with Gasteiger partial charge in [-0.15, -0.1) is 6.42 Å².